The van der Waals surface area contributed by atoms with Crippen molar-refractivity contribution < 1.29 is 13.9 Å². The van der Waals surface area contributed by atoms with E-state index in [1.165, 1.54) is 6.20 Å². The maximum atomic E-state index is 13.2. The van der Waals surface area contributed by atoms with Gasteiger partial charge in [-0.3, -0.25) is 0 Å². The Morgan fingerprint density at radius 2 is 2.25 bits per heavy atom. The zero-order chi connectivity index (χ0) is 14.2. The molecule has 0 fully saturated rings. The third-order valence-electron chi connectivity index (χ3n) is 2.67. The molecule has 2 heterocycles. The minimum atomic E-state index is -0.585. The quantitative estimate of drug-likeness (QED) is 0.541. The lowest BCUT2D eigenvalue weighted by molar-refractivity contribution is 0.183. The van der Waals surface area contributed by atoms with E-state index in [9.17, 15) is 4.39 Å². The van der Waals surface area contributed by atoms with Gasteiger partial charge in [0, 0.05) is 19.5 Å². The van der Waals surface area contributed by atoms with Gasteiger partial charge < -0.3 is 9.47 Å². The highest BCUT2D eigenvalue weighted by atomic mass is 19.1. The Morgan fingerprint density at radius 3 is 3.05 bits per heavy atom. The Hall–Kier alpha value is -2.02. The number of methoxy groups -OCH3 is 1. The van der Waals surface area contributed by atoms with Crippen molar-refractivity contribution in [1.29, 1.82) is 0 Å². The van der Waals surface area contributed by atoms with Crippen molar-refractivity contribution in [2.45, 2.75) is 19.4 Å². The molecule has 2 aromatic rings. The third kappa shape index (κ3) is 4.27. The number of aromatic nitrogens is 4. The molecule has 2 rings (SSSR count). The molecule has 7 heteroatoms. The van der Waals surface area contributed by atoms with Crippen LogP contribution in [0.1, 0.15) is 12.1 Å². The Morgan fingerprint density at radius 1 is 1.35 bits per heavy atom. The van der Waals surface area contributed by atoms with Crippen LogP contribution in [0.3, 0.4) is 0 Å². The minimum absolute atomic E-state index is 0.177. The van der Waals surface area contributed by atoms with Crippen molar-refractivity contribution in [2.24, 2.45) is 0 Å². The zero-order valence-electron chi connectivity index (χ0n) is 11.3. The van der Waals surface area contributed by atoms with Crippen molar-refractivity contribution in [3.05, 3.63) is 36.2 Å². The number of aryl methyl sites for hydroxylation is 1. The first-order valence-corrected chi connectivity index (χ1v) is 6.41. The number of pyridine rings is 1. The maximum Gasteiger partial charge on any atom is 0.255 e. The van der Waals surface area contributed by atoms with Crippen LogP contribution in [0, 0.1) is 5.95 Å². The van der Waals surface area contributed by atoms with Crippen LogP contribution in [-0.2, 0) is 17.7 Å². The van der Waals surface area contributed by atoms with Gasteiger partial charge in [0.15, 0.2) is 5.75 Å². The maximum absolute atomic E-state index is 13.2. The highest BCUT2D eigenvalue weighted by molar-refractivity contribution is 5.17. The first-order valence-electron chi connectivity index (χ1n) is 6.41. The summed E-state index contributed by atoms with van der Waals surface area (Å²) in [6, 6.07) is 3.20. The van der Waals surface area contributed by atoms with E-state index >= 15 is 0 Å². The van der Waals surface area contributed by atoms with Gasteiger partial charge >= 0.3 is 0 Å². The van der Waals surface area contributed by atoms with Gasteiger partial charge in [-0.2, -0.15) is 4.39 Å². The second-order valence-electron chi connectivity index (χ2n) is 4.21. The third-order valence-corrected chi connectivity index (χ3v) is 2.67. The molecule has 0 unspecified atom stereocenters. The first kappa shape index (κ1) is 14.4. The Labute approximate surface area is 116 Å². The van der Waals surface area contributed by atoms with Crippen molar-refractivity contribution in [1.82, 2.24) is 20.0 Å². The van der Waals surface area contributed by atoms with E-state index in [2.05, 4.69) is 15.3 Å². The summed E-state index contributed by atoms with van der Waals surface area (Å²) in [5.74, 6) is -0.408. The lowest BCUT2D eigenvalue weighted by Crippen LogP contribution is -2.04. The van der Waals surface area contributed by atoms with Crippen LogP contribution in [0.25, 0.3) is 0 Å². The molecule has 0 aliphatic carbocycles. The fraction of sp³-hybridized carbons (Fsp3) is 0.462. The summed E-state index contributed by atoms with van der Waals surface area (Å²) < 4.78 is 25.2. The minimum Gasteiger partial charge on any atom is -0.489 e. The number of hydrogen-bond acceptors (Lipinski definition) is 5. The van der Waals surface area contributed by atoms with Crippen molar-refractivity contribution in [3.63, 3.8) is 0 Å². The highest BCUT2D eigenvalue weighted by Crippen LogP contribution is 2.13. The van der Waals surface area contributed by atoms with E-state index in [1.807, 2.05) is 6.20 Å². The molecule has 0 saturated heterocycles. The van der Waals surface area contributed by atoms with Crippen LogP contribution in [0.2, 0.25) is 0 Å². The normalized spacial score (nSPS) is 10.7. The van der Waals surface area contributed by atoms with Crippen molar-refractivity contribution in [2.75, 3.05) is 20.3 Å². The summed E-state index contributed by atoms with van der Waals surface area (Å²) in [7, 11) is 1.65. The number of hydrogen-bond donors (Lipinski definition) is 0. The zero-order valence-corrected chi connectivity index (χ0v) is 11.3. The molecule has 0 bridgehead atoms. The topological polar surface area (TPSA) is 62.1 Å². The van der Waals surface area contributed by atoms with Crippen molar-refractivity contribution in [3.8, 4) is 5.75 Å². The highest BCUT2D eigenvalue weighted by Gasteiger charge is 2.04. The number of ether oxygens (including phenoxy) is 2. The second kappa shape index (κ2) is 7.54. The average molecular weight is 280 g/mol. The van der Waals surface area contributed by atoms with Gasteiger partial charge in [-0.05, 0) is 25.0 Å². The summed E-state index contributed by atoms with van der Waals surface area (Å²) >= 11 is 0. The number of halogens is 1. The van der Waals surface area contributed by atoms with Gasteiger partial charge in [0.05, 0.1) is 25.5 Å². The molecule has 0 spiro atoms. The van der Waals surface area contributed by atoms with Crippen LogP contribution >= 0.6 is 0 Å². The summed E-state index contributed by atoms with van der Waals surface area (Å²) in [4.78, 5) is 3.52. The smallest absolute Gasteiger partial charge is 0.255 e. The average Bonchev–Trinajstić information content (AvgIpc) is 2.91. The predicted octanol–water partition coefficient (Wildman–Crippen LogP) is 1.47. The Bertz CT molecular complexity index is 533. The molecule has 20 heavy (non-hydrogen) atoms. The summed E-state index contributed by atoms with van der Waals surface area (Å²) in [6.45, 7) is 1.70. The van der Waals surface area contributed by atoms with E-state index in [1.54, 1.807) is 23.9 Å². The fourth-order valence-corrected chi connectivity index (χ4v) is 1.66. The molecule has 108 valence electrons. The number of nitrogens with zero attached hydrogens (tertiary/aromatic N) is 4. The molecule has 0 saturated carbocycles. The molecular formula is C13H17FN4O2. The molecular weight excluding hydrogens is 263 g/mol. The Balaban J connectivity index is 1.71. The standard InChI is InChI=1S/C13H17FN4O2/c1-19-9-7-18-10-11(16-17-18)4-3-8-20-12-5-2-6-15-13(12)14/h2,5-6,10H,3-4,7-9H2,1H3. The molecule has 0 N–H and O–H groups in total. The van der Waals surface area contributed by atoms with Crippen LogP contribution in [0.5, 0.6) is 5.75 Å². The molecule has 0 atom stereocenters. The lowest BCUT2D eigenvalue weighted by Gasteiger charge is -2.04. The first-order chi connectivity index (χ1) is 9.79. The van der Waals surface area contributed by atoms with Gasteiger partial charge in [-0.15, -0.1) is 5.10 Å². The van der Waals surface area contributed by atoms with Crippen LogP contribution in [-0.4, -0.2) is 40.3 Å². The monoisotopic (exact) mass is 280 g/mol. The van der Waals surface area contributed by atoms with Crippen molar-refractivity contribution >= 4 is 0 Å². The SMILES string of the molecule is COCCn1cc(CCCOc2cccnc2F)nn1. The van der Waals surface area contributed by atoms with E-state index < -0.39 is 5.95 Å². The lowest BCUT2D eigenvalue weighted by atomic mass is 10.2. The van der Waals surface area contributed by atoms with E-state index in [0.29, 0.717) is 19.8 Å². The van der Waals surface area contributed by atoms with E-state index in [-0.39, 0.29) is 5.75 Å². The van der Waals surface area contributed by atoms with E-state index in [4.69, 9.17) is 9.47 Å². The molecule has 0 amide bonds. The van der Waals surface area contributed by atoms with Gasteiger partial charge in [0.1, 0.15) is 0 Å². The number of rotatable bonds is 8. The molecule has 2 aromatic heterocycles. The van der Waals surface area contributed by atoms with Crippen LogP contribution in [0.4, 0.5) is 4.39 Å². The second-order valence-corrected chi connectivity index (χ2v) is 4.21. The largest absolute Gasteiger partial charge is 0.489 e. The Kier molecular flexibility index (Phi) is 5.43. The summed E-state index contributed by atoms with van der Waals surface area (Å²) in [6.07, 6.45) is 4.73. The molecule has 6 nitrogen and oxygen atoms in total. The fourth-order valence-electron chi connectivity index (χ4n) is 1.66. The summed E-state index contributed by atoms with van der Waals surface area (Å²) in [5.41, 5.74) is 0.886. The molecule has 0 radical (unpaired) electrons. The molecule has 0 aromatic carbocycles. The van der Waals surface area contributed by atoms with Gasteiger partial charge in [0.25, 0.3) is 5.95 Å². The summed E-state index contributed by atoms with van der Waals surface area (Å²) in [5, 5.41) is 8.03. The molecule has 0 aliphatic heterocycles. The van der Waals surface area contributed by atoms with Crippen LogP contribution in [0.15, 0.2) is 24.5 Å². The van der Waals surface area contributed by atoms with Crippen LogP contribution < -0.4 is 4.74 Å². The molecule has 0 aliphatic rings. The van der Waals surface area contributed by atoms with Gasteiger partial charge in [-0.25, -0.2) is 9.67 Å². The van der Waals surface area contributed by atoms with Gasteiger partial charge in [-0.1, -0.05) is 5.21 Å². The predicted molar refractivity (Wildman–Crippen MR) is 69.9 cm³/mol. The van der Waals surface area contributed by atoms with E-state index in [0.717, 1.165) is 18.5 Å². The van der Waals surface area contributed by atoms with Gasteiger partial charge in [0.2, 0.25) is 0 Å².